The Morgan fingerprint density at radius 1 is 1.12 bits per heavy atom. The van der Waals surface area contributed by atoms with Gasteiger partial charge in [-0.05, 0) is 38.2 Å². The van der Waals surface area contributed by atoms with Gasteiger partial charge in [-0.15, -0.1) is 0 Å². The predicted octanol–water partition coefficient (Wildman–Crippen LogP) is 3.22. The van der Waals surface area contributed by atoms with Gasteiger partial charge in [0.2, 0.25) is 5.91 Å². The highest BCUT2D eigenvalue weighted by molar-refractivity contribution is 5.79. The molecule has 1 aliphatic rings. The molecule has 0 radical (unpaired) electrons. The van der Waals surface area contributed by atoms with Crippen LogP contribution in [0.5, 0.6) is 0 Å². The number of carbonyl (C=O) groups excluding carboxylic acids is 1. The second-order valence-corrected chi connectivity index (χ2v) is 7.25. The fourth-order valence-corrected chi connectivity index (χ4v) is 3.60. The Labute approximate surface area is 150 Å². The molecule has 2 rings (SSSR count). The van der Waals surface area contributed by atoms with Gasteiger partial charge in [0.25, 0.3) is 0 Å². The molecule has 1 atom stereocenters. The van der Waals surface area contributed by atoms with Gasteiger partial charge in [-0.3, -0.25) is 14.5 Å². The van der Waals surface area contributed by atoms with Crippen molar-refractivity contribution in [3.8, 4) is 0 Å². The largest absolute Gasteiger partial charge is 0.480 e. The Kier molecular flexibility index (Phi) is 7.44. The summed E-state index contributed by atoms with van der Waals surface area (Å²) in [5.41, 5.74) is 1.14. The van der Waals surface area contributed by atoms with Gasteiger partial charge in [-0.1, -0.05) is 49.6 Å². The second kappa shape index (κ2) is 9.56. The van der Waals surface area contributed by atoms with Crippen LogP contribution in [0, 0.1) is 5.92 Å². The summed E-state index contributed by atoms with van der Waals surface area (Å²) >= 11 is 0. The van der Waals surface area contributed by atoms with E-state index in [1.54, 1.807) is 4.90 Å². The Bertz CT molecular complexity index is 553. The van der Waals surface area contributed by atoms with E-state index in [-0.39, 0.29) is 31.1 Å². The van der Waals surface area contributed by atoms with Crippen molar-refractivity contribution in [3.63, 3.8) is 0 Å². The second-order valence-electron chi connectivity index (χ2n) is 7.25. The van der Waals surface area contributed by atoms with Crippen molar-refractivity contribution in [1.29, 1.82) is 0 Å². The number of aliphatic carboxylic acids is 1. The lowest BCUT2D eigenvalue weighted by atomic mass is 9.81. The van der Waals surface area contributed by atoms with E-state index < -0.39 is 5.97 Å². The van der Waals surface area contributed by atoms with Crippen LogP contribution in [0.3, 0.4) is 0 Å². The van der Waals surface area contributed by atoms with Crippen LogP contribution in [0.1, 0.15) is 57.6 Å². The summed E-state index contributed by atoms with van der Waals surface area (Å²) in [5.74, 6) is -0.560. The Morgan fingerprint density at radius 3 is 2.32 bits per heavy atom. The number of hydrogen-bond donors (Lipinski definition) is 2. The minimum absolute atomic E-state index is 0.00621. The van der Waals surface area contributed by atoms with E-state index in [1.807, 2.05) is 32.0 Å². The molecule has 25 heavy (non-hydrogen) atoms. The van der Waals surface area contributed by atoms with Gasteiger partial charge in [0.05, 0.1) is 19.1 Å². The first kappa shape index (κ1) is 19.4. The first-order valence-corrected chi connectivity index (χ1v) is 9.27. The van der Waals surface area contributed by atoms with Crippen LogP contribution in [0.4, 0.5) is 0 Å². The third-order valence-corrected chi connectivity index (χ3v) is 5.01. The minimum atomic E-state index is -0.909. The first-order chi connectivity index (χ1) is 12.0. The maximum absolute atomic E-state index is 12.6. The molecule has 5 heteroatoms. The van der Waals surface area contributed by atoms with Crippen LogP contribution in [0.25, 0.3) is 0 Å². The van der Waals surface area contributed by atoms with E-state index >= 15 is 0 Å². The number of carbonyl (C=O) groups is 2. The van der Waals surface area contributed by atoms with Gasteiger partial charge in [0.1, 0.15) is 0 Å². The van der Waals surface area contributed by atoms with Crippen molar-refractivity contribution in [2.45, 2.75) is 58.0 Å². The van der Waals surface area contributed by atoms with Crippen molar-refractivity contribution < 1.29 is 14.7 Å². The molecule has 0 aromatic heterocycles. The first-order valence-electron chi connectivity index (χ1n) is 9.27. The standard InChI is InChI=1S/C20H30N2O3/c1-15(2)22(14-19(24)25)13-18(23)21-20(16-9-5-3-6-10-16)17-11-7-4-8-12-17/h3,5-6,9-10,15,17,20H,4,7-8,11-14H2,1-2H3,(H,21,23)(H,24,25). The Balaban J connectivity index is 2.07. The maximum atomic E-state index is 12.6. The van der Waals surface area contributed by atoms with Crippen LogP contribution in [0.15, 0.2) is 30.3 Å². The number of carboxylic acid groups (broad SMARTS) is 1. The quantitative estimate of drug-likeness (QED) is 0.758. The van der Waals surface area contributed by atoms with E-state index in [9.17, 15) is 9.59 Å². The lowest BCUT2D eigenvalue weighted by Crippen LogP contribution is -2.45. The molecule has 2 N–H and O–H groups in total. The molecule has 1 fully saturated rings. The van der Waals surface area contributed by atoms with Crippen molar-refractivity contribution in [2.75, 3.05) is 13.1 Å². The summed E-state index contributed by atoms with van der Waals surface area (Å²) in [6.07, 6.45) is 5.94. The molecular weight excluding hydrogens is 316 g/mol. The highest BCUT2D eigenvalue weighted by Crippen LogP contribution is 2.34. The average Bonchev–Trinajstić information content (AvgIpc) is 2.60. The molecule has 0 spiro atoms. The van der Waals surface area contributed by atoms with Gasteiger partial charge in [-0.25, -0.2) is 0 Å². The third kappa shape index (κ3) is 6.16. The molecule has 1 amide bonds. The number of hydrogen-bond acceptors (Lipinski definition) is 3. The van der Waals surface area contributed by atoms with Crippen LogP contribution < -0.4 is 5.32 Å². The fourth-order valence-electron chi connectivity index (χ4n) is 3.60. The molecule has 0 saturated heterocycles. The zero-order chi connectivity index (χ0) is 18.2. The third-order valence-electron chi connectivity index (χ3n) is 5.01. The smallest absolute Gasteiger partial charge is 0.317 e. The summed E-state index contributed by atoms with van der Waals surface area (Å²) in [4.78, 5) is 25.3. The molecule has 0 bridgehead atoms. The number of amides is 1. The number of rotatable bonds is 8. The zero-order valence-electron chi connectivity index (χ0n) is 15.3. The van der Waals surface area contributed by atoms with Crippen molar-refractivity contribution in [2.24, 2.45) is 5.92 Å². The highest BCUT2D eigenvalue weighted by Gasteiger charge is 2.27. The van der Waals surface area contributed by atoms with Crippen LogP contribution >= 0.6 is 0 Å². The lowest BCUT2D eigenvalue weighted by Gasteiger charge is -2.32. The van der Waals surface area contributed by atoms with E-state index in [2.05, 4.69) is 17.4 Å². The average molecular weight is 346 g/mol. The lowest BCUT2D eigenvalue weighted by molar-refractivity contribution is -0.139. The molecule has 1 aliphatic carbocycles. The summed E-state index contributed by atoms with van der Waals surface area (Å²) in [6.45, 7) is 3.81. The molecule has 1 aromatic carbocycles. The molecule has 1 aromatic rings. The van der Waals surface area contributed by atoms with E-state index in [0.717, 1.165) is 18.4 Å². The topological polar surface area (TPSA) is 69.6 Å². The van der Waals surface area contributed by atoms with Gasteiger partial charge >= 0.3 is 5.97 Å². The molecule has 1 saturated carbocycles. The Morgan fingerprint density at radius 2 is 1.76 bits per heavy atom. The summed E-state index contributed by atoms with van der Waals surface area (Å²) in [7, 11) is 0. The summed E-state index contributed by atoms with van der Waals surface area (Å²) < 4.78 is 0. The molecule has 1 unspecified atom stereocenters. The van der Waals surface area contributed by atoms with Gasteiger partial charge in [0, 0.05) is 6.04 Å². The van der Waals surface area contributed by atoms with Gasteiger partial charge in [-0.2, -0.15) is 0 Å². The van der Waals surface area contributed by atoms with Crippen LogP contribution in [0.2, 0.25) is 0 Å². The van der Waals surface area contributed by atoms with Crippen molar-refractivity contribution in [1.82, 2.24) is 10.2 Å². The molecule has 5 nitrogen and oxygen atoms in total. The van der Waals surface area contributed by atoms with Crippen molar-refractivity contribution >= 4 is 11.9 Å². The molecule has 0 aliphatic heterocycles. The summed E-state index contributed by atoms with van der Waals surface area (Å²) in [5, 5.41) is 12.2. The number of nitrogens with zero attached hydrogens (tertiary/aromatic N) is 1. The Hall–Kier alpha value is -1.88. The van der Waals surface area contributed by atoms with Crippen LogP contribution in [-0.4, -0.2) is 41.0 Å². The summed E-state index contributed by atoms with van der Waals surface area (Å²) in [6, 6.07) is 10.1. The number of carboxylic acids is 1. The van der Waals surface area contributed by atoms with Crippen LogP contribution in [-0.2, 0) is 9.59 Å². The maximum Gasteiger partial charge on any atom is 0.317 e. The minimum Gasteiger partial charge on any atom is -0.480 e. The van der Waals surface area contributed by atoms with E-state index in [4.69, 9.17) is 5.11 Å². The van der Waals surface area contributed by atoms with Gasteiger partial charge < -0.3 is 10.4 Å². The highest BCUT2D eigenvalue weighted by atomic mass is 16.4. The number of nitrogens with one attached hydrogen (secondary N) is 1. The fraction of sp³-hybridized carbons (Fsp3) is 0.600. The SMILES string of the molecule is CC(C)N(CC(=O)O)CC(=O)NC(c1ccccc1)C1CCCCC1. The van der Waals surface area contributed by atoms with Crippen molar-refractivity contribution in [3.05, 3.63) is 35.9 Å². The zero-order valence-corrected chi connectivity index (χ0v) is 15.3. The molecule has 138 valence electrons. The van der Waals surface area contributed by atoms with E-state index in [1.165, 1.54) is 19.3 Å². The normalized spacial score (nSPS) is 16.8. The molecule has 0 heterocycles. The van der Waals surface area contributed by atoms with E-state index in [0.29, 0.717) is 5.92 Å². The monoisotopic (exact) mass is 346 g/mol. The number of benzene rings is 1. The molecular formula is C20H30N2O3. The predicted molar refractivity (Wildman–Crippen MR) is 98.2 cm³/mol. The van der Waals surface area contributed by atoms with Gasteiger partial charge in [0.15, 0.2) is 0 Å².